The van der Waals surface area contributed by atoms with Crippen LogP contribution in [0.1, 0.15) is 36.9 Å². The monoisotopic (exact) mass is 409 g/mol. The van der Waals surface area contributed by atoms with E-state index in [1.807, 2.05) is 38.4 Å². The highest BCUT2D eigenvalue weighted by Gasteiger charge is 2.28. The number of likely N-dealkylation sites (tertiary alicyclic amines) is 1. The highest BCUT2D eigenvalue weighted by atomic mass is 16.2. The van der Waals surface area contributed by atoms with E-state index in [2.05, 4.69) is 46.7 Å². The minimum absolute atomic E-state index is 0.143. The molecule has 0 bridgehead atoms. The molecule has 2 amide bonds. The number of benzene rings is 2. The summed E-state index contributed by atoms with van der Waals surface area (Å²) >= 11 is 0. The van der Waals surface area contributed by atoms with Gasteiger partial charge in [0.15, 0.2) is 0 Å². The molecule has 1 aliphatic heterocycles. The van der Waals surface area contributed by atoms with Crippen LogP contribution in [0.4, 0.5) is 11.4 Å². The number of quaternary nitrogens is 1. The van der Waals surface area contributed by atoms with Crippen LogP contribution in [0.5, 0.6) is 0 Å². The summed E-state index contributed by atoms with van der Waals surface area (Å²) in [4.78, 5) is 28.3. The van der Waals surface area contributed by atoms with E-state index in [0.717, 1.165) is 25.2 Å². The average molecular weight is 410 g/mol. The number of aryl methyl sites for hydroxylation is 1. The summed E-state index contributed by atoms with van der Waals surface area (Å²) in [5.74, 6) is -1.22. The number of amides is 2. The number of carbonyl (C=O) groups is 2. The van der Waals surface area contributed by atoms with Gasteiger partial charge in [-0.1, -0.05) is 31.2 Å². The quantitative estimate of drug-likeness (QED) is 0.611. The number of hydrogen-bond acceptors (Lipinski definition) is 3. The van der Waals surface area contributed by atoms with Crippen LogP contribution < -0.4 is 20.4 Å². The fraction of sp³-hybridized carbons (Fsp3) is 0.417. The van der Waals surface area contributed by atoms with Gasteiger partial charge in [0.1, 0.15) is 6.04 Å². The molecule has 1 atom stereocenters. The van der Waals surface area contributed by atoms with Crippen LogP contribution in [0.2, 0.25) is 0 Å². The Morgan fingerprint density at radius 3 is 2.17 bits per heavy atom. The smallest absolute Gasteiger partial charge is 0.313 e. The van der Waals surface area contributed by atoms with Crippen LogP contribution in [0.15, 0.2) is 48.5 Å². The van der Waals surface area contributed by atoms with Gasteiger partial charge in [0.25, 0.3) is 0 Å². The van der Waals surface area contributed by atoms with Crippen LogP contribution in [0.25, 0.3) is 0 Å². The van der Waals surface area contributed by atoms with Crippen molar-refractivity contribution < 1.29 is 14.5 Å². The SMILES string of the molecule is CCc1ccc(NC(=O)C(=O)NC[C@@H](c2ccc(N(C)C)cc2)[NH+]2CCCC2)cc1. The van der Waals surface area contributed by atoms with Gasteiger partial charge in [-0.25, -0.2) is 0 Å². The molecule has 0 spiro atoms. The first-order valence-corrected chi connectivity index (χ1v) is 10.8. The van der Waals surface area contributed by atoms with Crippen molar-refractivity contribution in [1.82, 2.24) is 5.32 Å². The van der Waals surface area contributed by atoms with E-state index in [1.54, 1.807) is 0 Å². The molecule has 0 radical (unpaired) electrons. The number of anilines is 2. The predicted molar refractivity (Wildman–Crippen MR) is 121 cm³/mol. The second kappa shape index (κ2) is 10.3. The first kappa shape index (κ1) is 21.8. The van der Waals surface area contributed by atoms with Crippen molar-refractivity contribution in [2.24, 2.45) is 0 Å². The van der Waals surface area contributed by atoms with Crippen molar-refractivity contribution in [2.45, 2.75) is 32.2 Å². The topological polar surface area (TPSA) is 65.9 Å². The maximum Gasteiger partial charge on any atom is 0.313 e. The highest BCUT2D eigenvalue weighted by molar-refractivity contribution is 6.39. The molecule has 1 fully saturated rings. The summed E-state index contributed by atoms with van der Waals surface area (Å²) in [5.41, 5.74) is 4.15. The molecule has 2 aromatic rings. The summed E-state index contributed by atoms with van der Waals surface area (Å²) in [6, 6.07) is 16.2. The van der Waals surface area contributed by atoms with Gasteiger partial charge in [-0.2, -0.15) is 0 Å². The van der Waals surface area contributed by atoms with Gasteiger partial charge in [0.2, 0.25) is 0 Å². The Hall–Kier alpha value is -2.86. The Kier molecular flexibility index (Phi) is 7.46. The number of nitrogens with zero attached hydrogens (tertiary/aromatic N) is 1. The molecule has 6 nitrogen and oxygen atoms in total. The van der Waals surface area contributed by atoms with Gasteiger partial charge >= 0.3 is 11.8 Å². The van der Waals surface area contributed by atoms with Crippen LogP contribution in [0.3, 0.4) is 0 Å². The molecule has 1 saturated heterocycles. The van der Waals surface area contributed by atoms with E-state index in [-0.39, 0.29) is 6.04 Å². The van der Waals surface area contributed by atoms with E-state index in [0.29, 0.717) is 12.2 Å². The van der Waals surface area contributed by atoms with Crippen molar-refractivity contribution in [3.63, 3.8) is 0 Å². The van der Waals surface area contributed by atoms with Crippen molar-refractivity contribution >= 4 is 23.2 Å². The zero-order chi connectivity index (χ0) is 21.5. The van der Waals surface area contributed by atoms with Crippen molar-refractivity contribution in [1.29, 1.82) is 0 Å². The Morgan fingerprint density at radius 2 is 1.60 bits per heavy atom. The molecule has 3 N–H and O–H groups in total. The maximum absolute atomic E-state index is 12.4. The molecule has 6 heteroatoms. The Bertz CT molecular complexity index is 841. The second-order valence-electron chi connectivity index (χ2n) is 8.12. The first-order chi connectivity index (χ1) is 14.5. The van der Waals surface area contributed by atoms with E-state index in [1.165, 1.54) is 28.9 Å². The van der Waals surface area contributed by atoms with Crippen LogP contribution in [-0.2, 0) is 16.0 Å². The zero-order valence-corrected chi connectivity index (χ0v) is 18.2. The lowest BCUT2D eigenvalue weighted by molar-refractivity contribution is -0.918. The number of carbonyl (C=O) groups excluding carboxylic acids is 2. The Morgan fingerprint density at radius 1 is 0.967 bits per heavy atom. The lowest BCUT2D eigenvalue weighted by atomic mass is 10.0. The van der Waals surface area contributed by atoms with E-state index < -0.39 is 11.8 Å². The van der Waals surface area contributed by atoms with Gasteiger partial charge in [-0.3, -0.25) is 9.59 Å². The molecule has 3 rings (SSSR count). The standard InChI is InChI=1S/C24H32N4O2/c1-4-18-7-11-20(12-8-18)26-24(30)23(29)25-17-22(28-15-5-6-16-28)19-9-13-21(14-10-19)27(2)3/h7-14,22H,4-6,15-17H2,1-3H3,(H,25,29)(H,26,30)/p+1/t22-/m0/s1. The normalized spacial score (nSPS) is 14.9. The van der Waals surface area contributed by atoms with E-state index in [9.17, 15) is 9.59 Å². The van der Waals surface area contributed by atoms with Gasteiger partial charge in [-0.15, -0.1) is 0 Å². The summed E-state index contributed by atoms with van der Waals surface area (Å²) in [7, 11) is 4.04. The molecule has 1 aliphatic rings. The zero-order valence-electron chi connectivity index (χ0n) is 18.2. The fourth-order valence-corrected chi connectivity index (χ4v) is 3.97. The molecule has 1 heterocycles. The summed E-state index contributed by atoms with van der Waals surface area (Å²) in [5, 5.41) is 5.54. The van der Waals surface area contributed by atoms with Crippen molar-refractivity contribution in [3.05, 3.63) is 59.7 Å². The van der Waals surface area contributed by atoms with Crippen LogP contribution in [-0.4, -0.2) is 45.5 Å². The molecule has 160 valence electrons. The number of nitrogens with one attached hydrogen (secondary N) is 3. The molecule has 2 aromatic carbocycles. The minimum atomic E-state index is -0.627. The third-order valence-electron chi connectivity index (χ3n) is 5.84. The highest BCUT2D eigenvalue weighted by Crippen LogP contribution is 2.17. The largest absolute Gasteiger partial charge is 0.378 e. The Labute approximate surface area is 179 Å². The molecule has 0 aliphatic carbocycles. The third-order valence-corrected chi connectivity index (χ3v) is 5.84. The van der Waals surface area contributed by atoms with Crippen molar-refractivity contribution in [2.75, 3.05) is 43.9 Å². The van der Waals surface area contributed by atoms with Crippen LogP contribution >= 0.6 is 0 Å². The molecule has 0 aromatic heterocycles. The van der Waals surface area contributed by atoms with Gasteiger partial charge in [0.05, 0.1) is 19.6 Å². The fourth-order valence-electron chi connectivity index (χ4n) is 3.97. The Balaban J connectivity index is 1.62. The second-order valence-corrected chi connectivity index (χ2v) is 8.12. The average Bonchev–Trinajstić information content (AvgIpc) is 3.29. The minimum Gasteiger partial charge on any atom is -0.378 e. The maximum atomic E-state index is 12.4. The number of rotatable bonds is 7. The molecule has 0 saturated carbocycles. The summed E-state index contributed by atoms with van der Waals surface area (Å²) in [6.45, 7) is 4.70. The lowest BCUT2D eigenvalue weighted by Crippen LogP contribution is -3.11. The first-order valence-electron chi connectivity index (χ1n) is 10.8. The van der Waals surface area contributed by atoms with E-state index in [4.69, 9.17) is 0 Å². The van der Waals surface area contributed by atoms with Gasteiger partial charge < -0.3 is 20.4 Å². The number of hydrogen-bond donors (Lipinski definition) is 3. The predicted octanol–water partition coefficient (Wildman–Crippen LogP) is 1.79. The summed E-state index contributed by atoms with van der Waals surface area (Å²) in [6.07, 6.45) is 3.33. The van der Waals surface area contributed by atoms with Crippen molar-refractivity contribution in [3.8, 4) is 0 Å². The lowest BCUT2D eigenvalue weighted by Gasteiger charge is -2.25. The van der Waals surface area contributed by atoms with Crippen LogP contribution in [0, 0.1) is 0 Å². The molecule has 30 heavy (non-hydrogen) atoms. The molecular weight excluding hydrogens is 376 g/mol. The van der Waals surface area contributed by atoms with E-state index >= 15 is 0 Å². The molecular formula is C24H33N4O2+. The molecule has 0 unspecified atom stereocenters. The van der Waals surface area contributed by atoms with Gasteiger partial charge in [-0.05, 0) is 36.2 Å². The summed E-state index contributed by atoms with van der Waals surface area (Å²) < 4.78 is 0. The third kappa shape index (κ3) is 5.60. The van der Waals surface area contributed by atoms with Gasteiger partial charge in [0, 0.05) is 43.9 Å².